The lowest BCUT2D eigenvalue weighted by atomic mass is 10.3. The number of hydrogen-bond acceptors (Lipinski definition) is 5. The first-order chi connectivity index (χ1) is 7.16. The molecular weight excluding hydrogens is 198 g/mol. The number of rotatable bonds is 3. The van der Waals surface area contributed by atoms with Gasteiger partial charge in [-0.05, 0) is 0 Å². The van der Waals surface area contributed by atoms with E-state index < -0.39 is 4.92 Å². The first-order valence-electron chi connectivity index (χ1n) is 4.56. The fraction of sp³-hybridized carbons (Fsp3) is 0.556. The zero-order valence-electron chi connectivity index (χ0n) is 8.52. The van der Waals surface area contributed by atoms with Crippen molar-refractivity contribution in [2.24, 2.45) is 0 Å². The number of nitrogens with zero attached hydrogens (tertiary/aromatic N) is 2. The van der Waals surface area contributed by atoms with Gasteiger partial charge in [0, 0.05) is 26.1 Å². The van der Waals surface area contributed by atoms with Gasteiger partial charge in [-0.2, -0.15) is 0 Å². The minimum absolute atomic E-state index is 0.0230. The highest BCUT2D eigenvalue weighted by atomic mass is 16.6. The van der Waals surface area contributed by atoms with Gasteiger partial charge >= 0.3 is 0 Å². The fourth-order valence-electron chi connectivity index (χ4n) is 1.34. The molecule has 15 heavy (non-hydrogen) atoms. The summed E-state index contributed by atoms with van der Waals surface area (Å²) in [7, 11) is 0. The predicted molar refractivity (Wildman–Crippen MR) is 54.1 cm³/mol. The van der Waals surface area contributed by atoms with Gasteiger partial charge in [-0.25, -0.2) is 0 Å². The van der Waals surface area contributed by atoms with Gasteiger partial charge in [-0.1, -0.05) is 6.42 Å². The van der Waals surface area contributed by atoms with Crippen LogP contribution in [0.25, 0.3) is 0 Å². The van der Waals surface area contributed by atoms with Crippen LogP contribution in [0.1, 0.15) is 6.92 Å². The van der Waals surface area contributed by atoms with Crippen LogP contribution in [0.4, 0.5) is 0 Å². The fourth-order valence-corrected chi connectivity index (χ4v) is 1.34. The molecule has 0 atom stereocenters. The topological polar surface area (TPSA) is 67.6 Å². The van der Waals surface area contributed by atoms with Crippen LogP contribution in [0.15, 0.2) is 11.5 Å². The second-order valence-electron chi connectivity index (χ2n) is 3.06. The van der Waals surface area contributed by atoms with Crippen LogP contribution in [-0.2, 0) is 4.74 Å². The van der Waals surface area contributed by atoms with Crippen LogP contribution < -0.4 is 5.32 Å². The number of nitrogens with one attached hydrogen (secondary N) is 1. The Morgan fingerprint density at radius 2 is 2.20 bits per heavy atom. The van der Waals surface area contributed by atoms with Crippen molar-refractivity contribution in [2.75, 3.05) is 26.3 Å². The van der Waals surface area contributed by atoms with Gasteiger partial charge in [0.25, 0.3) is 5.70 Å². The summed E-state index contributed by atoms with van der Waals surface area (Å²) >= 11 is 0. The quantitative estimate of drug-likeness (QED) is 0.307. The Bertz CT molecular complexity index is 313. The molecule has 6 nitrogen and oxygen atoms in total. The third kappa shape index (κ3) is 2.86. The van der Waals surface area contributed by atoms with Crippen molar-refractivity contribution >= 4 is 0 Å². The van der Waals surface area contributed by atoms with Gasteiger partial charge in [0.1, 0.15) is 0 Å². The van der Waals surface area contributed by atoms with E-state index in [-0.39, 0.29) is 5.70 Å². The molecule has 1 heterocycles. The molecule has 1 saturated heterocycles. The molecule has 0 aromatic rings. The lowest BCUT2D eigenvalue weighted by Gasteiger charge is -2.29. The summed E-state index contributed by atoms with van der Waals surface area (Å²) in [5.41, 5.74) is 0.0230. The Morgan fingerprint density at radius 3 is 2.67 bits per heavy atom. The molecular formula is C9H13N3O3. The van der Waals surface area contributed by atoms with E-state index in [1.54, 1.807) is 0 Å². The molecule has 6 heteroatoms. The maximum atomic E-state index is 10.6. The van der Waals surface area contributed by atoms with E-state index in [0.29, 0.717) is 32.1 Å². The molecule has 1 N–H and O–H groups in total. The van der Waals surface area contributed by atoms with Gasteiger partial charge < -0.3 is 9.64 Å². The maximum Gasteiger partial charge on any atom is 0.283 e. The van der Waals surface area contributed by atoms with Crippen molar-refractivity contribution in [1.82, 2.24) is 10.2 Å². The zero-order valence-corrected chi connectivity index (χ0v) is 8.52. The Kier molecular flexibility index (Phi) is 3.94. The second kappa shape index (κ2) is 5.22. The number of ether oxygens (including phenoxy) is 1. The van der Waals surface area contributed by atoms with Gasteiger partial charge in [-0.15, -0.1) is 0 Å². The van der Waals surface area contributed by atoms with Crippen molar-refractivity contribution in [3.63, 3.8) is 0 Å². The van der Waals surface area contributed by atoms with Crippen LogP contribution in [-0.4, -0.2) is 36.1 Å². The molecule has 0 aromatic heterocycles. The molecule has 0 aromatic carbocycles. The van der Waals surface area contributed by atoms with Crippen molar-refractivity contribution in [3.8, 4) is 12.5 Å². The lowest BCUT2D eigenvalue weighted by molar-refractivity contribution is -0.427. The van der Waals surface area contributed by atoms with Crippen molar-refractivity contribution in [3.05, 3.63) is 21.6 Å². The average molecular weight is 211 g/mol. The van der Waals surface area contributed by atoms with Gasteiger partial charge in [-0.3, -0.25) is 15.4 Å². The minimum Gasteiger partial charge on any atom is -0.378 e. The Hall–Kier alpha value is -1.74. The molecule has 0 aliphatic carbocycles. The van der Waals surface area contributed by atoms with Crippen molar-refractivity contribution in [2.45, 2.75) is 6.92 Å². The molecule has 0 amide bonds. The summed E-state index contributed by atoms with van der Waals surface area (Å²) in [5, 5.41) is 13.2. The van der Waals surface area contributed by atoms with Crippen LogP contribution in [0.2, 0.25) is 0 Å². The summed E-state index contributed by atoms with van der Waals surface area (Å²) < 4.78 is 5.15. The van der Waals surface area contributed by atoms with Crippen LogP contribution in [0.3, 0.4) is 0 Å². The molecule has 0 unspecified atom stereocenters. The molecule has 82 valence electrons. The number of morpholine rings is 1. The van der Waals surface area contributed by atoms with Crippen molar-refractivity contribution < 1.29 is 9.66 Å². The van der Waals surface area contributed by atoms with E-state index >= 15 is 0 Å². The van der Waals surface area contributed by atoms with Gasteiger partial charge in [0.05, 0.1) is 18.1 Å². The largest absolute Gasteiger partial charge is 0.378 e. The molecule has 0 radical (unpaired) electrons. The van der Waals surface area contributed by atoms with E-state index in [9.17, 15) is 10.1 Å². The number of allylic oxidation sites excluding steroid dienone is 1. The highest BCUT2D eigenvalue weighted by Crippen LogP contribution is 2.10. The number of nitro groups is 1. The lowest BCUT2D eigenvalue weighted by Crippen LogP contribution is -2.40. The van der Waals surface area contributed by atoms with Crippen molar-refractivity contribution in [1.29, 1.82) is 0 Å². The summed E-state index contributed by atoms with van der Waals surface area (Å²) in [5.74, 6) is 0.380. The number of hydrogen-bond donors (Lipinski definition) is 1. The smallest absolute Gasteiger partial charge is 0.283 e. The summed E-state index contributed by atoms with van der Waals surface area (Å²) in [6.07, 6.45) is 5.10. The summed E-state index contributed by atoms with van der Waals surface area (Å²) in [6, 6.07) is 2.21. The molecule has 1 fully saturated rings. The van der Waals surface area contributed by atoms with E-state index in [4.69, 9.17) is 11.2 Å². The first kappa shape index (κ1) is 11.3. The molecule has 1 aliphatic rings. The van der Waals surface area contributed by atoms with E-state index in [0.717, 1.165) is 0 Å². The normalized spacial score (nSPS) is 17.7. The van der Waals surface area contributed by atoms with Crippen LogP contribution in [0.5, 0.6) is 0 Å². The van der Waals surface area contributed by atoms with Gasteiger partial charge in [0.15, 0.2) is 5.82 Å². The SMILES string of the molecule is C#CN/C(=C(\C)[N+](=O)[O-])N1CCOCC1. The first-order valence-corrected chi connectivity index (χ1v) is 4.56. The Balaban J connectivity index is 2.86. The molecule has 1 aliphatic heterocycles. The summed E-state index contributed by atoms with van der Waals surface area (Å²) in [6.45, 7) is 3.75. The third-order valence-corrected chi connectivity index (χ3v) is 2.13. The molecule has 0 bridgehead atoms. The Morgan fingerprint density at radius 1 is 1.60 bits per heavy atom. The zero-order chi connectivity index (χ0) is 11.3. The minimum atomic E-state index is -0.449. The second-order valence-corrected chi connectivity index (χ2v) is 3.06. The number of terminal acetylenes is 1. The average Bonchev–Trinajstić information content (AvgIpc) is 2.26. The molecule has 0 spiro atoms. The van der Waals surface area contributed by atoms with Gasteiger partial charge in [0.2, 0.25) is 0 Å². The monoisotopic (exact) mass is 211 g/mol. The van der Waals surface area contributed by atoms with Crippen LogP contribution >= 0.6 is 0 Å². The molecule has 0 saturated carbocycles. The Labute approximate surface area is 88.0 Å². The standard InChI is InChI=1S/C9H13N3O3/c1-3-10-9(8(2)12(13)14)11-4-6-15-7-5-11/h1,10H,4-7H2,2H3/b9-8-. The predicted octanol–water partition coefficient (Wildman–Crippen LogP) is -0.0354. The maximum absolute atomic E-state index is 10.6. The van der Waals surface area contributed by atoms with E-state index in [1.165, 1.54) is 6.92 Å². The summed E-state index contributed by atoms with van der Waals surface area (Å²) in [4.78, 5) is 12.0. The highest BCUT2D eigenvalue weighted by Gasteiger charge is 2.21. The van der Waals surface area contributed by atoms with Crippen LogP contribution in [0, 0.1) is 22.6 Å². The van der Waals surface area contributed by atoms with E-state index in [2.05, 4.69) is 11.4 Å². The molecule has 1 rings (SSSR count). The third-order valence-electron chi connectivity index (χ3n) is 2.13. The highest BCUT2D eigenvalue weighted by molar-refractivity contribution is 5.09. The van der Waals surface area contributed by atoms with E-state index in [1.807, 2.05) is 4.90 Å².